The zero-order valence-electron chi connectivity index (χ0n) is 15.2. The van der Waals surface area contributed by atoms with Crippen molar-refractivity contribution in [3.05, 3.63) is 34.8 Å². The summed E-state index contributed by atoms with van der Waals surface area (Å²) >= 11 is 1.71. The number of benzene rings is 1. The van der Waals surface area contributed by atoms with Crippen LogP contribution in [0.25, 0.3) is 10.6 Å². The van der Waals surface area contributed by atoms with Crippen molar-refractivity contribution in [2.75, 3.05) is 4.90 Å². The second kappa shape index (κ2) is 6.39. The molecule has 4 N–H and O–H groups in total. The second-order valence-corrected chi connectivity index (χ2v) is 8.23. The van der Waals surface area contributed by atoms with Crippen molar-refractivity contribution in [1.29, 1.82) is 0 Å². The third kappa shape index (κ3) is 2.86. The monoisotopic (exact) mass is 368 g/mol. The first-order valence-electron chi connectivity index (χ1n) is 9.03. The quantitative estimate of drug-likeness (QED) is 0.848. The fourth-order valence-corrected chi connectivity index (χ4v) is 4.78. The van der Waals surface area contributed by atoms with Crippen LogP contribution in [0, 0.1) is 13.8 Å². The largest absolute Gasteiger partial charge is 0.369 e. The van der Waals surface area contributed by atoms with Crippen molar-refractivity contribution >= 4 is 28.9 Å². The fourth-order valence-electron chi connectivity index (χ4n) is 3.87. The zero-order chi connectivity index (χ0) is 18.3. The average Bonchev–Trinajstić information content (AvgIpc) is 2.94. The van der Waals surface area contributed by atoms with Gasteiger partial charge in [0.2, 0.25) is 11.9 Å². The second-order valence-electron chi connectivity index (χ2n) is 7.03. The van der Waals surface area contributed by atoms with E-state index in [1.54, 1.807) is 11.3 Å². The van der Waals surface area contributed by atoms with Crippen LogP contribution in [0.15, 0.2) is 34.3 Å². The summed E-state index contributed by atoms with van der Waals surface area (Å²) in [7, 11) is 0. The molecule has 7 heteroatoms. The van der Waals surface area contributed by atoms with Gasteiger partial charge in [-0.1, -0.05) is 18.6 Å². The van der Waals surface area contributed by atoms with Crippen LogP contribution in [0.1, 0.15) is 42.7 Å². The molecule has 0 atom stereocenters. The Bertz CT molecular complexity index is 872. The average molecular weight is 369 g/mol. The van der Waals surface area contributed by atoms with Crippen molar-refractivity contribution in [3.8, 4) is 10.6 Å². The minimum atomic E-state index is -0.415. The third-order valence-corrected chi connectivity index (χ3v) is 6.35. The normalized spacial score (nSPS) is 19.4. The molecular formula is C19H24N6S. The molecule has 1 spiro atoms. The number of aliphatic imine (C=N–C) groups is 2. The summed E-state index contributed by atoms with van der Waals surface area (Å²) in [6.45, 7) is 4.15. The van der Waals surface area contributed by atoms with Crippen molar-refractivity contribution in [2.24, 2.45) is 21.5 Å². The van der Waals surface area contributed by atoms with E-state index in [9.17, 15) is 0 Å². The number of aryl methyl sites for hydroxylation is 2. The molecule has 1 aliphatic carbocycles. The molecule has 1 saturated carbocycles. The Kier molecular flexibility index (Phi) is 4.19. The molecule has 2 aromatic rings. The van der Waals surface area contributed by atoms with Crippen molar-refractivity contribution in [1.82, 2.24) is 4.98 Å². The van der Waals surface area contributed by atoms with Gasteiger partial charge in [0.05, 0.1) is 5.69 Å². The highest BCUT2D eigenvalue weighted by molar-refractivity contribution is 7.15. The number of anilines is 1. The van der Waals surface area contributed by atoms with Crippen LogP contribution >= 0.6 is 11.3 Å². The molecule has 0 unspecified atom stereocenters. The summed E-state index contributed by atoms with van der Waals surface area (Å²) in [6, 6.07) is 8.33. The number of rotatable bonds is 2. The van der Waals surface area contributed by atoms with Gasteiger partial charge in [-0.25, -0.2) is 9.98 Å². The number of aromatic nitrogens is 1. The Morgan fingerprint density at radius 2 is 1.88 bits per heavy atom. The van der Waals surface area contributed by atoms with E-state index < -0.39 is 5.66 Å². The lowest BCUT2D eigenvalue weighted by atomic mass is 9.87. The van der Waals surface area contributed by atoms with Gasteiger partial charge >= 0.3 is 0 Å². The van der Waals surface area contributed by atoms with Crippen LogP contribution in [0.3, 0.4) is 0 Å². The van der Waals surface area contributed by atoms with Gasteiger partial charge in [-0.3, -0.25) is 4.90 Å². The molecule has 2 aliphatic rings. The van der Waals surface area contributed by atoms with E-state index in [2.05, 4.69) is 35.0 Å². The Morgan fingerprint density at radius 3 is 2.58 bits per heavy atom. The van der Waals surface area contributed by atoms with Crippen molar-refractivity contribution in [3.63, 3.8) is 0 Å². The Morgan fingerprint density at radius 1 is 1.12 bits per heavy atom. The van der Waals surface area contributed by atoms with Crippen LogP contribution in [0.5, 0.6) is 0 Å². The predicted octanol–water partition coefficient (Wildman–Crippen LogP) is 3.54. The number of guanidine groups is 2. The Balaban J connectivity index is 1.78. The van der Waals surface area contributed by atoms with Crippen LogP contribution in [-0.4, -0.2) is 22.6 Å². The number of nitrogens with two attached hydrogens (primary N) is 2. The van der Waals surface area contributed by atoms with E-state index >= 15 is 0 Å². The standard InChI is InChI=1S/C19H24N6S/c1-12-13(2)26-16(22-12)14-7-6-8-15(11-14)25-18(21)23-17(20)24-19(25)9-4-3-5-10-19/h6-8,11H,3-5,9-10H2,1-2H3,(H4,20,21,23,24). The molecule has 0 saturated heterocycles. The zero-order valence-corrected chi connectivity index (χ0v) is 16.0. The lowest BCUT2D eigenvalue weighted by molar-refractivity contribution is 0.305. The van der Waals surface area contributed by atoms with Gasteiger partial charge in [0.25, 0.3) is 0 Å². The van der Waals surface area contributed by atoms with Gasteiger partial charge < -0.3 is 11.5 Å². The smallest absolute Gasteiger partial charge is 0.220 e. The van der Waals surface area contributed by atoms with Gasteiger partial charge in [-0.05, 0) is 51.7 Å². The highest BCUT2D eigenvalue weighted by Gasteiger charge is 2.42. The first-order chi connectivity index (χ1) is 12.5. The number of thiazole rings is 1. The SMILES string of the molecule is Cc1nc(-c2cccc(N3C(N)=NC(N)=NC34CCCCC4)c2)sc1C. The molecular weight excluding hydrogens is 344 g/mol. The first-order valence-corrected chi connectivity index (χ1v) is 9.84. The summed E-state index contributed by atoms with van der Waals surface area (Å²) in [5.41, 5.74) is 15.0. The van der Waals surface area contributed by atoms with Gasteiger partial charge in [0, 0.05) is 16.1 Å². The van der Waals surface area contributed by atoms with Crippen LogP contribution < -0.4 is 16.4 Å². The molecule has 6 nitrogen and oxygen atoms in total. The fraction of sp³-hybridized carbons (Fsp3) is 0.421. The molecule has 26 heavy (non-hydrogen) atoms. The molecule has 0 amide bonds. The van der Waals surface area contributed by atoms with E-state index in [-0.39, 0.29) is 5.96 Å². The molecule has 2 heterocycles. The maximum absolute atomic E-state index is 6.33. The summed E-state index contributed by atoms with van der Waals surface area (Å²) < 4.78 is 0. The molecule has 4 rings (SSSR count). The molecule has 0 radical (unpaired) electrons. The molecule has 1 fully saturated rings. The summed E-state index contributed by atoms with van der Waals surface area (Å²) in [6.07, 6.45) is 5.32. The van der Waals surface area contributed by atoms with Crippen molar-refractivity contribution < 1.29 is 0 Å². The highest BCUT2D eigenvalue weighted by Crippen LogP contribution is 2.40. The topological polar surface area (TPSA) is 92.9 Å². The highest BCUT2D eigenvalue weighted by atomic mass is 32.1. The van der Waals surface area contributed by atoms with Crippen LogP contribution in [0.4, 0.5) is 5.69 Å². The van der Waals surface area contributed by atoms with E-state index in [1.165, 1.54) is 11.3 Å². The van der Waals surface area contributed by atoms with Crippen molar-refractivity contribution in [2.45, 2.75) is 51.6 Å². The first kappa shape index (κ1) is 17.0. The van der Waals surface area contributed by atoms with Crippen LogP contribution in [-0.2, 0) is 0 Å². The minimum Gasteiger partial charge on any atom is -0.369 e. The summed E-state index contributed by atoms with van der Waals surface area (Å²) in [5.74, 6) is 0.700. The lowest BCUT2D eigenvalue weighted by Crippen LogP contribution is -2.58. The third-order valence-electron chi connectivity index (χ3n) is 5.23. The molecule has 1 aliphatic heterocycles. The lowest BCUT2D eigenvalue weighted by Gasteiger charge is -2.45. The molecule has 0 bridgehead atoms. The molecule has 1 aromatic heterocycles. The molecule has 136 valence electrons. The van der Waals surface area contributed by atoms with Gasteiger partial charge in [-0.15, -0.1) is 11.3 Å². The summed E-state index contributed by atoms with van der Waals surface area (Å²) in [5, 5.41) is 1.02. The maximum Gasteiger partial charge on any atom is 0.220 e. The van der Waals surface area contributed by atoms with Gasteiger partial charge in [0.1, 0.15) is 10.7 Å². The van der Waals surface area contributed by atoms with E-state index in [1.807, 2.05) is 13.0 Å². The van der Waals surface area contributed by atoms with Gasteiger partial charge in [-0.2, -0.15) is 4.99 Å². The minimum absolute atomic E-state index is 0.281. The van der Waals surface area contributed by atoms with E-state index in [0.29, 0.717) is 5.96 Å². The molecule has 1 aromatic carbocycles. The number of hydrogen-bond acceptors (Lipinski definition) is 7. The van der Waals surface area contributed by atoms with Gasteiger partial charge in [0.15, 0.2) is 0 Å². The van der Waals surface area contributed by atoms with Crippen LogP contribution in [0.2, 0.25) is 0 Å². The predicted molar refractivity (Wildman–Crippen MR) is 109 cm³/mol. The summed E-state index contributed by atoms with van der Waals surface area (Å²) in [4.78, 5) is 17.0. The van der Waals surface area contributed by atoms with E-state index in [0.717, 1.165) is 47.6 Å². The van der Waals surface area contributed by atoms with E-state index in [4.69, 9.17) is 21.4 Å². The Labute approximate surface area is 157 Å². The number of nitrogens with zero attached hydrogens (tertiary/aromatic N) is 4. The number of hydrogen-bond donors (Lipinski definition) is 2. The maximum atomic E-state index is 6.33. The Hall–Kier alpha value is -2.41.